The topological polar surface area (TPSA) is 332 Å². The molecule has 0 atom stereocenters. The number of rotatable bonds is 0. The van der Waals surface area contributed by atoms with Crippen LogP contribution in [0.15, 0.2) is 0 Å². The van der Waals surface area contributed by atoms with Gasteiger partial charge >= 0.3 is 48.9 Å². The van der Waals surface area contributed by atoms with E-state index in [2.05, 4.69) is 0 Å². The zero-order valence-corrected chi connectivity index (χ0v) is 12.0. The third kappa shape index (κ3) is 1530. The number of hydrogen-bond acceptors (Lipinski definition) is 4. The predicted molar refractivity (Wildman–Crippen MR) is 45.1 cm³/mol. The summed E-state index contributed by atoms with van der Waals surface area (Å²) in [5.74, 6) is 0. The minimum Gasteiger partial charge on any atom is -0.759 e. The second-order valence-corrected chi connectivity index (χ2v) is 1.22. The molecular formula is H16BaO12S. The molecule has 0 radical (unpaired) electrons. The first-order valence-electron chi connectivity index (χ1n) is 0.667. The van der Waals surface area contributed by atoms with E-state index in [4.69, 9.17) is 17.5 Å². The maximum absolute atomic E-state index is 8.52. The van der Waals surface area contributed by atoms with Gasteiger partial charge in [-0.3, -0.25) is 8.42 Å². The van der Waals surface area contributed by atoms with Gasteiger partial charge in [0.1, 0.15) is 0 Å². The molecule has 0 aliphatic carbocycles. The summed E-state index contributed by atoms with van der Waals surface area (Å²) < 4.78 is 34.1. The van der Waals surface area contributed by atoms with E-state index in [0.717, 1.165) is 0 Å². The van der Waals surface area contributed by atoms with Gasteiger partial charge in [-0.05, 0) is 0 Å². The molecule has 0 spiro atoms. The fourth-order valence-electron chi connectivity index (χ4n) is 0. The van der Waals surface area contributed by atoms with Crippen molar-refractivity contribution in [2.45, 2.75) is 0 Å². The fourth-order valence-corrected chi connectivity index (χ4v) is 0. The van der Waals surface area contributed by atoms with Crippen LogP contribution in [0.2, 0.25) is 0 Å². The van der Waals surface area contributed by atoms with Gasteiger partial charge in [0.15, 0.2) is 0 Å². The van der Waals surface area contributed by atoms with Crippen LogP contribution < -0.4 is 0 Å². The Hall–Kier alpha value is 1.12. The van der Waals surface area contributed by atoms with Crippen molar-refractivity contribution in [2.75, 3.05) is 0 Å². The molecule has 0 aromatic rings. The third-order valence-electron chi connectivity index (χ3n) is 0. The van der Waals surface area contributed by atoms with Crippen molar-refractivity contribution in [3.63, 3.8) is 0 Å². The monoisotopic (exact) mass is 378 g/mol. The molecule has 0 saturated carbocycles. The predicted octanol–water partition coefficient (Wildman–Crippen LogP) is -8.32. The Balaban J connectivity index is -0.00000000222. The van der Waals surface area contributed by atoms with Crippen LogP contribution >= 0.6 is 0 Å². The standard InChI is InChI=1S/Ba.H2O4S.8H2O/c;1-5(2,3)4;;;;;;;;/h;(H2,1,2,3,4);8*1H2/q+2;;;;;;;;;/p-2. The molecule has 0 unspecified atom stereocenters. The van der Waals surface area contributed by atoms with Gasteiger partial charge in [0.05, 0.1) is 0 Å². The minimum absolute atomic E-state index is 0. The van der Waals surface area contributed by atoms with E-state index in [1.165, 1.54) is 0 Å². The molecule has 0 rings (SSSR count). The zero-order valence-electron chi connectivity index (χ0n) is 6.75. The normalized spacial score (nSPS) is 4.14. The molecule has 96 valence electrons. The summed E-state index contributed by atoms with van der Waals surface area (Å²) in [6.45, 7) is 0. The molecule has 0 saturated heterocycles. The summed E-state index contributed by atoms with van der Waals surface area (Å²) in [6.07, 6.45) is 0. The molecule has 0 heterocycles. The van der Waals surface area contributed by atoms with Crippen molar-refractivity contribution >= 4 is 59.3 Å². The van der Waals surface area contributed by atoms with Crippen LogP contribution in [0.5, 0.6) is 0 Å². The minimum atomic E-state index is -5.17. The van der Waals surface area contributed by atoms with E-state index in [0.29, 0.717) is 0 Å². The van der Waals surface area contributed by atoms with Gasteiger partial charge in [-0.2, -0.15) is 0 Å². The van der Waals surface area contributed by atoms with Crippen molar-refractivity contribution in [3.8, 4) is 0 Å². The first kappa shape index (κ1) is 115. The molecule has 0 amide bonds. The summed E-state index contributed by atoms with van der Waals surface area (Å²) in [5.41, 5.74) is 0. The van der Waals surface area contributed by atoms with Crippen molar-refractivity contribution < 1.29 is 61.3 Å². The third-order valence-corrected chi connectivity index (χ3v) is 0. The van der Waals surface area contributed by atoms with Crippen LogP contribution in [0.3, 0.4) is 0 Å². The summed E-state index contributed by atoms with van der Waals surface area (Å²) >= 11 is 0. The molecule has 0 aliphatic rings. The molecule has 0 aliphatic heterocycles. The summed E-state index contributed by atoms with van der Waals surface area (Å²) in [4.78, 5) is 0. The van der Waals surface area contributed by atoms with E-state index >= 15 is 0 Å². The molecule has 0 fully saturated rings. The molecule has 0 bridgehead atoms. The van der Waals surface area contributed by atoms with Crippen molar-refractivity contribution in [2.24, 2.45) is 0 Å². The average molecular weight is 378 g/mol. The molecule has 14 heteroatoms. The first-order chi connectivity index (χ1) is 2.00. The van der Waals surface area contributed by atoms with E-state index in [-0.39, 0.29) is 92.7 Å². The molecule has 0 aromatic heterocycles. The summed E-state index contributed by atoms with van der Waals surface area (Å²) in [5, 5.41) is 0. The van der Waals surface area contributed by atoms with Gasteiger partial charge in [-0.1, -0.05) is 0 Å². The van der Waals surface area contributed by atoms with Gasteiger partial charge in [0, 0.05) is 10.4 Å². The Morgan fingerprint density at radius 2 is 0.571 bits per heavy atom. The zero-order chi connectivity index (χ0) is 4.50. The van der Waals surface area contributed by atoms with Crippen molar-refractivity contribution in [1.29, 1.82) is 0 Å². The smallest absolute Gasteiger partial charge is 0.759 e. The Morgan fingerprint density at radius 3 is 0.571 bits per heavy atom. The Morgan fingerprint density at radius 1 is 0.571 bits per heavy atom. The van der Waals surface area contributed by atoms with Gasteiger partial charge in [0.25, 0.3) is 0 Å². The van der Waals surface area contributed by atoms with Crippen molar-refractivity contribution in [1.82, 2.24) is 0 Å². The second-order valence-electron chi connectivity index (χ2n) is 0.408. The van der Waals surface area contributed by atoms with Crippen LogP contribution in [0.1, 0.15) is 0 Å². The maximum Gasteiger partial charge on any atom is 2.00 e. The summed E-state index contributed by atoms with van der Waals surface area (Å²) in [7, 11) is -5.17. The fraction of sp³-hybridized carbons (Fsp3) is 0. The maximum atomic E-state index is 8.52. The second kappa shape index (κ2) is 47.9. The Kier molecular flexibility index (Phi) is 394. The van der Waals surface area contributed by atoms with Crippen LogP contribution in [-0.4, -0.2) is 110 Å². The summed E-state index contributed by atoms with van der Waals surface area (Å²) in [6, 6.07) is 0. The molecule has 16 N–H and O–H groups in total. The SMILES string of the molecule is O.O.O.O.O.O.O.O.O=S(=O)([O-])[O-].[Ba+2]. The molecule has 12 nitrogen and oxygen atoms in total. The molecule has 0 aromatic carbocycles. The van der Waals surface area contributed by atoms with Gasteiger partial charge < -0.3 is 52.9 Å². The quantitative estimate of drug-likeness (QED) is 0.225. The number of hydrogen-bond donors (Lipinski definition) is 0. The Bertz CT molecular complexity index is 93.5. The van der Waals surface area contributed by atoms with Crippen LogP contribution in [-0.2, 0) is 10.4 Å². The van der Waals surface area contributed by atoms with E-state index in [9.17, 15) is 0 Å². The molecular weight excluding hydrogens is 361 g/mol. The van der Waals surface area contributed by atoms with Crippen LogP contribution in [0.25, 0.3) is 0 Å². The van der Waals surface area contributed by atoms with Gasteiger partial charge in [-0.25, -0.2) is 0 Å². The van der Waals surface area contributed by atoms with Crippen molar-refractivity contribution in [3.05, 3.63) is 0 Å². The largest absolute Gasteiger partial charge is 2.00 e. The molecule has 14 heavy (non-hydrogen) atoms. The van der Waals surface area contributed by atoms with Crippen LogP contribution in [0, 0.1) is 0 Å². The average Bonchev–Trinajstić information content (AvgIpc) is 0.722. The Labute approximate surface area is 119 Å². The van der Waals surface area contributed by atoms with E-state index in [1.54, 1.807) is 0 Å². The first-order valence-corrected chi connectivity index (χ1v) is 2.00. The van der Waals surface area contributed by atoms with E-state index < -0.39 is 10.4 Å². The van der Waals surface area contributed by atoms with Crippen LogP contribution in [0.4, 0.5) is 0 Å². The van der Waals surface area contributed by atoms with Gasteiger partial charge in [0.2, 0.25) is 0 Å². The van der Waals surface area contributed by atoms with E-state index in [1.807, 2.05) is 0 Å². The van der Waals surface area contributed by atoms with Gasteiger partial charge in [-0.15, -0.1) is 0 Å².